The summed E-state index contributed by atoms with van der Waals surface area (Å²) in [5, 5.41) is 4.05. The second kappa shape index (κ2) is 6.78. The van der Waals surface area contributed by atoms with Crippen molar-refractivity contribution in [2.45, 2.75) is 19.9 Å². The van der Waals surface area contributed by atoms with E-state index < -0.39 is 5.97 Å². The van der Waals surface area contributed by atoms with Gasteiger partial charge in [-0.25, -0.2) is 4.79 Å². The Labute approximate surface area is 129 Å². The second-order valence-electron chi connectivity index (χ2n) is 4.64. The second-order valence-corrected chi connectivity index (χ2v) is 5.05. The van der Waals surface area contributed by atoms with Crippen molar-refractivity contribution >= 4 is 17.6 Å². The number of rotatable bonds is 5. The average Bonchev–Trinajstić information content (AvgIpc) is 2.97. The predicted molar refractivity (Wildman–Crippen MR) is 81.8 cm³/mol. The van der Waals surface area contributed by atoms with Crippen LogP contribution in [0.3, 0.4) is 0 Å². The van der Waals surface area contributed by atoms with Gasteiger partial charge in [0, 0.05) is 5.02 Å². The van der Waals surface area contributed by atoms with Crippen molar-refractivity contribution in [1.29, 1.82) is 0 Å². The Bertz CT molecular complexity index is 636. The fourth-order valence-electron chi connectivity index (χ4n) is 2.22. The van der Waals surface area contributed by atoms with E-state index in [0.29, 0.717) is 10.8 Å². The van der Waals surface area contributed by atoms with Crippen LogP contribution in [0, 0.1) is 6.92 Å². The Kier molecular flexibility index (Phi) is 5.04. The highest BCUT2D eigenvalue weighted by Crippen LogP contribution is 2.30. The van der Waals surface area contributed by atoms with Crippen LogP contribution >= 0.6 is 11.6 Å². The Morgan fingerprint density at radius 3 is 2.81 bits per heavy atom. The van der Waals surface area contributed by atoms with Crippen molar-refractivity contribution in [2.75, 3.05) is 13.7 Å². The Hall–Kier alpha value is -1.78. The van der Waals surface area contributed by atoms with Gasteiger partial charge in [0.2, 0.25) is 5.76 Å². The summed E-state index contributed by atoms with van der Waals surface area (Å²) in [4.78, 5) is 11.5. The third kappa shape index (κ3) is 3.28. The minimum atomic E-state index is -0.487. The molecule has 0 bridgehead atoms. The summed E-state index contributed by atoms with van der Waals surface area (Å²) < 4.78 is 10.3. The molecule has 2 rings (SSSR count). The highest BCUT2D eigenvalue weighted by atomic mass is 35.5. The molecular formula is C16H18ClNO3. The number of nitrogens with one attached hydrogen (secondary N) is 1. The normalized spacial score (nSPS) is 12.2. The molecule has 1 heterocycles. The molecule has 0 aliphatic heterocycles. The summed E-state index contributed by atoms with van der Waals surface area (Å²) in [6.07, 6.45) is 0. The first-order valence-corrected chi connectivity index (χ1v) is 7.12. The molecule has 1 unspecified atom stereocenters. The van der Waals surface area contributed by atoms with Gasteiger partial charge >= 0.3 is 5.97 Å². The lowest BCUT2D eigenvalue weighted by Crippen LogP contribution is -2.22. The quantitative estimate of drug-likeness (QED) is 0.855. The largest absolute Gasteiger partial charge is 0.463 e. The molecular weight excluding hydrogens is 290 g/mol. The number of halogens is 1. The van der Waals surface area contributed by atoms with E-state index in [1.165, 1.54) is 7.11 Å². The average molecular weight is 308 g/mol. The fraction of sp³-hybridized carbons (Fsp3) is 0.312. The lowest BCUT2D eigenvalue weighted by atomic mass is 9.99. The zero-order chi connectivity index (χ0) is 15.4. The summed E-state index contributed by atoms with van der Waals surface area (Å²) >= 11 is 6.19. The van der Waals surface area contributed by atoms with E-state index >= 15 is 0 Å². The van der Waals surface area contributed by atoms with Gasteiger partial charge in [0.1, 0.15) is 5.76 Å². The van der Waals surface area contributed by atoms with Crippen molar-refractivity contribution in [2.24, 2.45) is 0 Å². The predicted octanol–water partition coefficient (Wildman–Crippen LogP) is 3.73. The molecule has 5 heteroatoms. The van der Waals surface area contributed by atoms with Crippen LogP contribution in [0.15, 0.2) is 34.7 Å². The minimum absolute atomic E-state index is 0.160. The molecule has 2 aromatic rings. The van der Waals surface area contributed by atoms with E-state index in [0.717, 1.165) is 17.7 Å². The lowest BCUT2D eigenvalue weighted by molar-refractivity contribution is 0.0562. The van der Waals surface area contributed by atoms with Crippen LogP contribution in [0.1, 0.15) is 40.4 Å². The summed E-state index contributed by atoms with van der Waals surface area (Å²) in [6, 6.07) is 8.98. The van der Waals surface area contributed by atoms with Gasteiger partial charge in [-0.05, 0) is 42.8 Å². The maximum Gasteiger partial charge on any atom is 0.373 e. The molecule has 0 aliphatic rings. The van der Waals surface area contributed by atoms with Crippen molar-refractivity contribution in [3.8, 4) is 0 Å². The number of hydrogen-bond donors (Lipinski definition) is 1. The van der Waals surface area contributed by atoms with E-state index in [1.807, 2.05) is 32.0 Å². The van der Waals surface area contributed by atoms with Gasteiger partial charge in [0.15, 0.2) is 0 Å². The van der Waals surface area contributed by atoms with Crippen molar-refractivity contribution < 1.29 is 13.9 Å². The molecule has 1 aromatic carbocycles. The maximum absolute atomic E-state index is 11.5. The molecule has 0 saturated heterocycles. The number of carbonyl (C=O) groups is 1. The number of ether oxygens (including phenoxy) is 1. The SMILES string of the molecule is CCNC(c1ccc(C(=O)OC)o1)c1cccc(Cl)c1C. The fourth-order valence-corrected chi connectivity index (χ4v) is 2.40. The first kappa shape index (κ1) is 15.6. The Morgan fingerprint density at radius 2 is 2.14 bits per heavy atom. The number of hydrogen-bond acceptors (Lipinski definition) is 4. The molecule has 0 fully saturated rings. The summed E-state index contributed by atoms with van der Waals surface area (Å²) in [6.45, 7) is 4.73. The zero-order valence-corrected chi connectivity index (χ0v) is 13.0. The number of esters is 1. The number of benzene rings is 1. The molecule has 0 radical (unpaired) electrons. The lowest BCUT2D eigenvalue weighted by Gasteiger charge is -2.19. The van der Waals surface area contributed by atoms with Crippen LogP contribution < -0.4 is 5.32 Å². The number of furan rings is 1. The van der Waals surface area contributed by atoms with Crippen molar-refractivity contribution in [1.82, 2.24) is 5.32 Å². The monoisotopic (exact) mass is 307 g/mol. The van der Waals surface area contributed by atoms with Gasteiger partial charge < -0.3 is 14.5 Å². The van der Waals surface area contributed by atoms with Crippen LogP contribution in [-0.4, -0.2) is 19.6 Å². The van der Waals surface area contributed by atoms with Crippen LogP contribution in [-0.2, 0) is 4.74 Å². The Morgan fingerprint density at radius 1 is 1.38 bits per heavy atom. The van der Waals surface area contributed by atoms with Gasteiger partial charge in [0.05, 0.1) is 13.2 Å². The molecule has 1 N–H and O–H groups in total. The molecule has 112 valence electrons. The molecule has 0 aliphatic carbocycles. The van der Waals surface area contributed by atoms with E-state index in [9.17, 15) is 4.79 Å². The van der Waals surface area contributed by atoms with E-state index in [1.54, 1.807) is 12.1 Å². The summed E-state index contributed by atoms with van der Waals surface area (Å²) in [5.41, 5.74) is 2.01. The molecule has 1 atom stereocenters. The van der Waals surface area contributed by atoms with Crippen LogP contribution in [0.4, 0.5) is 0 Å². The number of methoxy groups -OCH3 is 1. The van der Waals surface area contributed by atoms with Gasteiger partial charge in [-0.15, -0.1) is 0 Å². The van der Waals surface area contributed by atoms with Crippen LogP contribution in [0.5, 0.6) is 0 Å². The molecule has 4 nitrogen and oxygen atoms in total. The minimum Gasteiger partial charge on any atom is -0.463 e. The van der Waals surface area contributed by atoms with Gasteiger partial charge in [-0.3, -0.25) is 0 Å². The van der Waals surface area contributed by atoms with E-state index in [-0.39, 0.29) is 11.8 Å². The summed E-state index contributed by atoms with van der Waals surface area (Å²) in [5.74, 6) is 0.358. The number of carbonyl (C=O) groups excluding carboxylic acids is 1. The first-order chi connectivity index (χ1) is 10.1. The molecule has 0 saturated carbocycles. The zero-order valence-electron chi connectivity index (χ0n) is 12.3. The van der Waals surface area contributed by atoms with E-state index in [4.69, 9.17) is 16.0 Å². The third-order valence-electron chi connectivity index (χ3n) is 3.33. The highest BCUT2D eigenvalue weighted by Gasteiger charge is 2.21. The van der Waals surface area contributed by atoms with E-state index in [2.05, 4.69) is 10.1 Å². The standard InChI is InChI=1S/C16H18ClNO3/c1-4-18-15(11-6-5-7-12(17)10(11)2)13-8-9-14(21-13)16(19)20-3/h5-9,15,18H,4H2,1-3H3. The molecule has 0 spiro atoms. The van der Waals surface area contributed by atoms with Gasteiger partial charge in [-0.2, -0.15) is 0 Å². The molecule has 21 heavy (non-hydrogen) atoms. The smallest absolute Gasteiger partial charge is 0.373 e. The molecule has 0 amide bonds. The van der Waals surface area contributed by atoms with Gasteiger partial charge in [0.25, 0.3) is 0 Å². The topological polar surface area (TPSA) is 51.5 Å². The highest BCUT2D eigenvalue weighted by molar-refractivity contribution is 6.31. The van der Waals surface area contributed by atoms with Gasteiger partial charge in [-0.1, -0.05) is 30.7 Å². The Balaban J connectivity index is 2.41. The van der Waals surface area contributed by atoms with Crippen LogP contribution in [0.25, 0.3) is 0 Å². The van der Waals surface area contributed by atoms with Crippen molar-refractivity contribution in [3.05, 3.63) is 58.0 Å². The van der Waals surface area contributed by atoms with Crippen LogP contribution in [0.2, 0.25) is 5.02 Å². The molecule has 1 aromatic heterocycles. The first-order valence-electron chi connectivity index (χ1n) is 6.75. The maximum atomic E-state index is 11.5. The summed E-state index contributed by atoms with van der Waals surface area (Å²) in [7, 11) is 1.33. The van der Waals surface area contributed by atoms with Crippen molar-refractivity contribution in [3.63, 3.8) is 0 Å². The third-order valence-corrected chi connectivity index (χ3v) is 3.74.